The van der Waals surface area contributed by atoms with E-state index in [4.69, 9.17) is 0 Å². The molecule has 0 fully saturated rings. The Labute approximate surface area is 174 Å². The molecule has 5 nitrogen and oxygen atoms in total. The molecule has 0 amide bonds. The number of benzene rings is 2. The maximum atomic E-state index is 13.5. The quantitative estimate of drug-likeness (QED) is 0.597. The highest BCUT2D eigenvalue weighted by Crippen LogP contribution is 2.38. The number of carbonyl (C=O) groups excluding carboxylic acids is 1. The highest BCUT2D eigenvalue weighted by molar-refractivity contribution is 6.01. The number of carboxylic acid groups (broad SMARTS) is 1. The summed E-state index contributed by atoms with van der Waals surface area (Å²) in [6.07, 6.45) is 0.450. The Balaban J connectivity index is 2.08. The van der Waals surface area contributed by atoms with Crippen LogP contribution in [0.1, 0.15) is 38.4 Å². The molecule has 2 aromatic carbocycles. The van der Waals surface area contributed by atoms with Gasteiger partial charge in [-0.1, -0.05) is 36.4 Å². The first-order valence-electron chi connectivity index (χ1n) is 9.91. The fourth-order valence-corrected chi connectivity index (χ4v) is 3.76. The molecule has 0 saturated heterocycles. The van der Waals surface area contributed by atoms with Gasteiger partial charge in [0, 0.05) is 47.0 Å². The maximum Gasteiger partial charge on any atom is 0.123 e. The molecular weight excluding hydrogens is 385 g/mol. The number of aromatic nitrogens is 1. The lowest BCUT2D eigenvalue weighted by molar-refractivity contribution is -0.307. The summed E-state index contributed by atoms with van der Waals surface area (Å²) < 4.78 is 15.6. The molecule has 0 radical (unpaired) electrons. The Hall–Kier alpha value is -2.96. The van der Waals surface area contributed by atoms with Gasteiger partial charge in [-0.15, -0.1) is 0 Å². The van der Waals surface area contributed by atoms with E-state index in [1.54, 1.807) is 24.3 Å². The number of rotatable bonds is 8. The lowest BCUT2D eigenvalue weighted by atomic mass is 10.0. The van der Waals surface area contributed by atoms with Crippen LogP contribution in [0.2, 0.25) is 0 Å². The predicted molar refractivity (Wildman–Crippen MR) is 113 cm³/mol. The van der Waals surface area contributed by atoms with E-state index in [9.17, 15) is 24.5 Å². The number of aliphatic carboxylic acids is 1. The van der Waals surface area contributed by atoms with Gasteiger partial charge in [-0.2, -0.15) is 0 Å². The number of fused-ring (bicyclic) bond motifs is 1. The summed E-state index contributed by atoms with van der Waals surface area (Å²) in [6.45, 7) is 4.11. The first-order chi connectivity index (χ1) is 14.3. The van der Waals surface area contributed by atoms with Crippen molar-refractivity contribution in [2.24, 2.45) is 0 Å². The summed E-state index contributed by atoms with van der Waals surface area (Å²) in [5, 5.41) is 31.6. The second-order valence-corrected chi connectivity index (χ2v) is 7.64. The molecule has 2 N–H and O–H groups in total. The monoisotopic (exact) mass is 410 g/mol. The lowest BCUT2D eigenvalue weighted by Crippen LogP contribution is -2.29. The summed E-state index contributed by atoms with van der Waals surface area (Å²) in [5.74, 6) is -1.68. The minimum atomic E-state index is -1.36. The van der Waals surface area contributed by atoms with Crippen LogP contribution in [0.3, 0.4) is 0 Å². The summed E-state index contributed by atoms with van der Waals surface area (Å²) in [6, 6.07) is 14.3. The molecule has 30 heavy (non-hydrogen) atoms. The minimum absolute atomic E-state index is 0.113. The molecule has 1 heterocycles. The Bertz CT molecular complexity index is 1050. The molecule has 2 unspecified atom stereocenters. The van der Waals surface area contributed by atoms with E-state index < -0.39 is 24.6 Å². The van der Waals surface area contributed by atoms with Crippen molar-refractivity contribution in [1.29, 1.82) is 0 Å². The first-order valence-corrected chi connectivity index (χ1v) is 9.91. The molecule has 2 atom stereocenters. The van der Waals surface area contributed by atoms with Crippen LogP contribution in [0.4, 0.5) is 4.39 Å². The third-order valence-electron chi connectivity index (χ3n) is 4.99. The van der Waals surface area contributed by atoms with E-state index in [-0.39, 0.29) is 18.3 Å². The van der Waals surface area contributed by atoms with E-state index in [0.717, 1.165) is 27.7 Å². The second kappa shape index (κ2) is 9.24. The molecule has 3 aromatic rings. The van der Waals surface area contributed by atoms with Crippen molar-refractivity contribution in [3.63, 3.8) is 0 Å². The molecule has 6 heteroatoms. The fourth-order valence-electron chi connectivity index (χ4n) is 3.76. The molecule has 0 spiro atoms. The number of aliphatic hydroxyl groups is 2. The number of hydrogen-bond donors (Lipinski definition) is 2. The molecule has 0 aliphatic rings. The first kappa shape index (κ1) is 21.7. The topological polar surface area (TPSA) is 85.5 Å². The van der Waals surface area contributed by atoms with Crippen LogP contribution >= 0.6 is 0 Å². The lowest BCUT2D eigenvalue weighted by Gasteiger charge is -2.15. The van der Waals surface area contributed by atoms with E-state index in [1.165, 1.54) is 12.1 Å². The zero-order valence-electron chi connectivity index (χ0n) is 17.0. The zero-order valence-corrected chi connectivity index (χ0v) is 17.0. The van der Waals surface area contributed by atoms with Crippen LogP contribution in [0.5, 0.6) is 0 Å². The van der Waals surface area contributed by atoms with Crippen LogP contribution in [0.15, 0.2) is 54.6 Å². The summed E-state index contributed by atoms with van der Waals surface area (Å²) in [4.78, 5) is 10.6. The van der Waals surface area contributed by atoms with Gasteiger partial charge in [0.05, 0.1) is 12.2 Å². The van der Waals surface area contributed by atoms with Crippen LogP contribution in [-0.4, -0.2) is 33.0 Å². The highest BCUT2D eigenvalue weighted by Gasteiger charge is 2.19. The van der Waals surface area contributed by atoms with E-state index >= 15 is 0 Å². The van der Waals surface area contributed by atoms with Gasteiger partial charge < -0.3 is 24.7 Å². The summed E-state index contributed by atoms with van der Waals surface area (Å²) in [7, 11) is 0. The molecule has 0 aliphatic heterocycles. The van der Waals surface area contributed by atoms with Gasteiger partial charge in [-0.25, -0.2) is 4.39 Å². The van der Waals surface area contributed by atoms with Gasteiger partial charge in [-0.3, -0.25) is 0 Å². The van der Waals surface area contributed by atoms with Gasteiger partial charge >= 0.3 is 0 Å². The van der Waals surface area contributed by atoms with Crippen LogP contribution in [0.25, 0.3) is 28.1 Å². The molecule has 0 saturated carbocycles. The van der Waals surface area contributed by atoms with Gasteiger partial charge in [0.2, 0.25) is 0 Å². The Kier molecular flexibility index (Phi) is 6.70. The van der Waals surface area contributed by atoms with Crippen molar-refractivity contribution < 1.29 is 24.5 Å². The van der Waals surface area contributed by atoms with Gasteiger partial charge in [0.15, 0.2) is 0 Å². The molecule has 158 valence electrons. The van der Waals surface area contributed by atoms with Gasteiger partial charge in [0.1, 0.15) is 5.82 Å². The minimum Gasteiger partial charge on any atom is -0.550 e. The van der Waals surface area contributed by atoms with E-state index in [0.29, 0.717) is 0 Å². The highest BCUT2D eigenvalue weighted by atomic mass is 19.1. The second-order valence-electron chi connectivity index (χ2n) is 7.64. The molecule has 0 aliphatic carbocycles. The Morgan fingerprint density at radius 3 is 2.43 bits per heavy atom. The van der Waals surface area contributed by atoms with Crippen LogP contribution < -0.4 is 5.11 Å². The third kappa shape index (κ3) is 4.78. The van der Waals surface area contributed by atoms with Crippen LogP contribution in [0, 0.1) is 5.82 Å². The Morgan fingerprint density at radius 1 is 1.13 bits per heavy atom. The normalized spacial score (nSPS) is 13.9. The number of carboxylic acids is 1. The van der Waals surface area contributed by atoms with Crippen LogP contribution in [-0.2, 0) is 4.79 Å². The molecule has 0 bridgehead atoms. The zero-order chi connectivity index (χ0) is 21.8. The SMILES string of the molecule is CC(C)n1c(C=CC(O)CC(O)CC(=O)[O-])c(-c2ccc(F)cc2)c2ccccc21. The molecular formula is C24H25FNO4-. The number of nitrogens with zero attached hydrogens (tertiary/aromatic N) is 1. The van der Waals surface area contributed by atoms with Crippen molar-refractivity contribution in [1.82, 2.24) is 4.57 Å². The van der Waals surface area contributed by atoms with Crippen molar-refractivity contribution in [2.75, 3.05) is 0 Å². The largest absolute Gasteiger partial charge is 0.550 e. The van der Waals surface area contributed by atoms with E-state index in [1.807, 2.05) is 24.3 Å². The average Bonchev–Trinajstić information content (AvgIpc) is 3.00. The van der Waals surface area contributed by atoms with Crippen molar-refractivity contribution in [3.8, 4) is 11.1 Å². The van der Waals surface area contributed by atoms with Crippen molar-refractivity contribution in [3.05, 3.63) is 66.1 Å². The smallest absolute Gasteiger partial charge is 0.123 e. The maximum absolute atomic E-state index is 13.5. The predicted octanol–water partition coefficient (Wildman–Crippen LogP) is 3.29. The van der Waals surface area contributed by atoms with Crippen molar-refractivity contribution in [2.45, 2.75) is 44.9 Å². The summed E-state index contributed by atoms with van der Waals surface area (Å²) >= 11 is 0. The van der Waals surface area contributed by atoms with Crippen molar-refractivity contribution >= 4 is 22.9 Å². The number of para-hydroxylation sites is 1. The third-order valence-corrected chi connectivity index (χ3v) is 4.99. The molecule has 3 rings (SSSR count). The van der Waals surface area contributed by atoms with Gasteiger partial charge in [0.25, 0.3) is 0 Å². The Morgan fingerprint density at radius 2 is 1.80 bits per heavy atom. The number of carbonyl (C=O) groups is 1. The number of halogens is 1. The average molecular weight is 410 g/mol. The van der Waals surface area contributed by atoms with E-state index in [2.05, 4.69) is 18.4 Å². The standard InChI is InChI=1S/C24H26FNO4/c1-15(2)26-21-6-4-3-5-20(21)24(16-7-9-17(25)10-8-16)22(26)12-11-18(27)13-19(28)14-23(29)30/h3-12,15,18-19,27-28H,13-14H2,1-2H3,(H,29,30)/p-1. The number of hydrogen-bond acceptors (Lipinski definition) is 4. The number of aliphatic hydroxyl groups excluding tert-OH is 2. The fraction of sp³-hybridized carbons (Fsp3) is 0.292. The summed E-state index contributed by atoms with van der Waals surface area (Å²) in [5.41, 5.74) is 3.61. The molecule has 1 aromatic heterocycles. The van der Waals surface area contributed by atoms with Gasteiger partial charge in [-0.05, 0) is 43.7 Å².